The number of aliphatic hydroxyl groups excluding tert-OH is 4. The van der Waals surface area contributed by atoms with Crippen molar-refractivity contribution in [3.05, 3.63) is 63.8 Å². The van der Waals surface area contributed by atoms with E-state index in [2.05, 4.69) is 0 Å². The van der Waals surface area contributed by atoms with Crippen LogP contribution in [-0.4, -0.2) is 61.1 Å². The topological polar surface area (TPSA) is 115 Å². The number of phenolic OH excluding ortho intramolecular Hbond substituents is 1. The minimum absolute atomic E-state index is 0.160. The fourth-order valence-electron chi connectivity index (χ4n) is 3.87. The van der Waals surface area contributed by atoms with Gasteiger partial charge >= 0.3 is 0 Å². The highest BCUT2D eigenvalue weighted by Gasteiger charge is 2.44. The van der Waals surface area contributed by atoms with Crippen molar-refractivity contribution in [1.82, 2.24) is 4.57 Å². The van der Waals surface area contributed by atoms with Gasteiger partial charge in [0, 0.05) is 16.6 Å². The second-order valence-corrected chi connectivity index (χ2v) is 8.25. The number of benzene rings is 2. The molecule has 5 N–H and O–H groups in total. The van der Waals surface area contributed by atoms with Crippen molar-refractivity contribution >= 4 is 34.1 Å². The summed E-state index contributed by atoms with van der Waals surface area (Å²) in [5.74, 6) is 0.160. The molecule has 1 saturated heterocycles. The first kappa shape index (κ1) is 21.4. The molecule has 9 heteroatoms. The van der Waals surface area contributed by atoms with Gasteiger partial charge in [-0.2, -0.15) is 0 Å². The molecule has 3 aromatic rings. The average molecular weight is 454 g/mol. The van der Waals surface area contributed by atoms with Crippen molar-refractivity contribution in [2.45, 2.75) is 37.1 Å². The summed E-state index contributed by atoms with van der Waals surface area (Å²) in [6.07, 6.45) is -4.31. The Labute approximate surface area is 182 Å². The number of ether oxygens (including phenoxy) is 1. The Morgan fingerprint density at radius 2 is 1.67 bits per heavy atom. The predicted molar refractivity (Wildman–Crippen MR) is 112 cm³/mol. The van der Waals surface area contributed by atoms with E-state index in [0.717, 1.165) is 11.1 Å². The zero-order chi connectivity index (χ0) is 21.6. The number of hydrogen-bond donors (Lipinski definition) is 5. The lowest BCUT2D eigenvalue weighted by Crippen LogP contribution is -2.56. The molecular weight excluding hydrogens is 433 g/mol. The van der Waals surface area contributed by atoms with E-state index in [1.165, 1.54) is 0 Å². The smallest absolute Gasteiger partial charge is 0.163 e. The van der Waals surface area contributed by atoms with Gasteiger partial charge in [-0.3, -0.25) is 0 Å². The van der Waals surface area contributed by atoms with Crippen molar-refractivity contribution < 1.29 is 30.3 Å². The number of phenols is 1. The molecule has 2 aromatic carbocycles. The lowest BCUT2D eigenvalue weighted by Gasteiger charge is -2.40. The molecule has 30 heavy (non-hydrogen) atoms. The molecule has 5 atom stereocenters. The molecule has 1 aliphatic heterocycles. The Hall–Kier alpha value is -1.84. The molecular formula is C21H21Cl2NO6. The molecule has 160 valence electrons. The zero-order valence-electron chi connectivity index (χ0n) is 15.7. The number of nitrogens with zero attached hydrogens (tertiary/aromatic N) is 1. The lowest BCUT2D eigenvalue weighted by molar-refractivity contribution is -0.250. The first-order valence-electron chi connectivity index (χ1n) is 9.37. The van der Waals surface area contributed by atoms with Crippen LogP contribution in [0.3, 0.4) is 0 Å². The molecule has 2 heterocycles. The SMILES string of the molecule is OC[C@H]1O[C@@H](n2cc(Cc3ccc(O)cc3)c3c(Cl)cc(Cl)cc32)[C@H](O)[C@@H](O)[C@@H]1O. The number of hydrogen-bond acceptors (Lipinski definition) is 6. The molecule has 4 rings (SSSR count). The van der Waals surface area contributed by atoms with Crippen molar-refractivity contribution in [1.29, 1.82) is 0 Å². The lowest BCUT2D eigenvalue weighted by atomic mass is 9.98. The van der Waals surface area contributed by atoms with Crippen molar-refractivity contribution in [3.8, 4) is 5.75 Å². The Kier molecular flexibility index (Phi) is 5.96. The maximum absolute atomic E-state index is 10.6. The Balaban J connectivity index is 1.83. The molecule has 0 amide bonds. The predicted octanol–water partition coefficient (Wildman–Crippen LogP) is 2.22. The zero-order valence-corrected chi connectivity index (χ0v) is 17.2. The summed E-state index contributed by atoms with van der Waals surface area (Å²) in [5, 5.41) is 51.4. The van der Waals surface area contributed by atoms with Gasteiger partial charge in [0.25, 0.3) is 0 Å². The molecule has 0 unspecified atom stereocenters. The van der Waals surface area contributed by atoms with Crippen molar-refractivity contribution in [2.75, 3.05) is 6.61 Å². The average Bonchev–Trinajstić information content (AvgIpc) is 3.06. The fourth-order valence-corrected chi connectivity index (χ4v) is 4.48. The first-order chi connectivity index (χ1) is 14.3. The van der Waals surface area contributed by atoms with E-state index in [1.54, 1.807) is 47.2 Å². The van der Waals surface area contributed by atoms with E-state index in [-0.39, 0.29) is 5.75 Å². The van der Waals surface area contributed by atoms with Crippen LogP contribution in [0.2, 0.25) is 10.0 Å². The summed E-state index contributed by atoms with van der Waals surface area (Å²) in [5.41, 5.74) is 2.31. The number of rotatable bonds is 4. The van der Waals surface area contributed by atoms with Crippen LogP contribution < -0.4 is 0 Å². The van der Waals surface area contributed by atoms with E-state index < -0.39 is 37.3 Å². The molecule has 1 fully saturated rings. The van der Waals surface area contributed by atoms with Crippen LogP contribution in [0.1, 0.15) is 17.4 Å². The summed E-state index contributed by atoms with van der Waals surface area (Å²) in [7, 11) is 0. The van der Waals surface area contributed by atoms with Gasteiger partial charge < -0.3 is 34.8 Å². The van der Waals surface area contributed by atoms with Crippen LogP contribution in [-0.2, 0) is 11.2 Å². The molecule has 7 nitrogen and oxygen atoms in total. The second-order valence-electron chi connectivity index (χ2n) is 7.41. The number of halogens is 2. The summed E-state index contributed by atoms with van der Waals surface area (Å²) in [4.78, 5) is 0. The van der Waals surface area contributed by atoms with Crippen molar-refractivity contribution in [2.24, 2.45) is 0 Å². The van der Waals surface area contributed by atoms with Gasteiger partial charge in [0.1, 0.15) is 30.2 Å². The Bertz CT molecular complexity index is 1050. The summed E-state index contributed by atoms with van der Waals surface area (Å²) < 4.78 is 7.32. The van der Waals surface area contributed by atoms with Gasteiger partial charge in [-0.05, 0) is 41.8 Å². The van der Waals surface area contributed by atoms with Gasteiger partial charge in [-0.15, -0.1) is 0 Å². The van der Waals surface area contributed by atoms with Crippen molar-refractivity contribution in [3.63, 3.8) is 0 Å². The second kappa shape index (κ2) is 8.36. The monoisotopic (exact) mass is 453 g/mol. The number of aliphatic hydroxyl groups is 4. The molecule has 0 aliphatic carbocycles. The molecule has 1 aromatic heterocycles. The largest absolute Gasteiger partial charge is 0.508 e. The molecule has 1 aliphatic rings. The van der Waals surface area contributed by atoms with E-state index >= 15 is 0 Å². The van der Waals surface area contributed by atoms with Gasteiger partial charge in [-0.1, -0.05) is 35.3 Å². The van der Waals surface area contributed by atoms with Crippen LogP contribution in [0.4, 0.5) is 0 Å². The van der Waals surface area contributed by atoms with Gasteiger partial charge in [0.2, 0.25) is 0 Å². The third-order valence-corrected chi connectivity index (χ3v) is 5.92. The van der Waals surface area contributed by atoms with E-state index in [0.29, 0.717) is 27.4 Å². The van der Waals surface area contributed by atoms with Gasteiger partial charge in [0.05, 0.1) is 17.1 Å². The third kappa shape index (κ3) is 3.78. The van der Waals surface area contributed by atoms with Gasteiger partial charge in [0.15, 0.2) is 6.23 Å². The highest BCUT2D eigenvalue weighted by Crippen LogP contribution is 2.38. The van der Waals surface area contributed by atoms with E-state index in [9.17, 15) is 25.5 Å². The minimum Gasteiger partial charge on any atom is -0.508 e. The number of fused-ring (bicyclic) bond motifs is 1. The summed E-state index contributed by atoms with van der Waals surface area (Å²) >= 11 is 12.7. The Morgan fingerprint density at radius 3 is 2.33 bits per heavy atom. The fraction of sp³-hybridized carbons (Fsp3) is 0.333. The van der Waals surface area contributed by atoms with Crippen LogP contribution in [0.25, 0.3) is 10.9 Å². The normalized spacial score (nSPS) is 26.9. The van der Waals surface area contributed by atoms with Crippen LogP contribution in [0, 0.1) is 0 Å². The maximum atomic E-state index is 10.6. The maximum Gasteiger partial charge on any atom is 0.163 e. The third-order valence-electron chi connectivity index (χ3n) is 5.40. The standard InChI is InChI=1S/C21H21Cl2NO6/c22-12-6-14(23)17-11(5-10-1-3-13(26)4-2-10)8-24(15(17)7-12)21-20(29)19(28)18(27)16(9-25)30-21/h1-4,6-8,16,18-21,25-29H,5,9H2/t16-,18-,19+,20-,21-/m1/s1. The highest BCUT2D eigenvalue weighted by atomic mass is 35.5. The minimum atomic E-state index is -1.51. The molecule has 0 radical (unpaired) electrons. The summed E-state index contributed by atoms with van der Waals surface area (Å²) in [6, 6.07) is 10.0. The molecule has 0 saturated carbocycles. The van der Waals surface area contributed by atoms with Crippen LogP contribution in [0.15, 0.2) is 42.6 Å². The molecule has 0 spiro atoms. The Morgan fingerprint density at radius 1 is 0.967 bits per heavy atom. The van der Waals surface area contributed by atoms with Crippen LogP contribution >= 0.6 is 23.2 Å². The quantitative estimate of drug-likeness (QED) is 0.413. The summed E-state index contributed by atoms with van der Waals surface area (Å²) in [6.45, 7) is -0.525. The number of aromatic hydroxyl groups is 1. The first-order valence-corrected chi connectivity index (χ1v) is 10.1. The van der Waals surface area contributed by atoms with E-state index in [1.807, 2.05) is 0 Å². The molecule has 0 bridgehead atoms. The number of aromatic nitrogens is 1. The van der Waals surface area contributed by atoms with E-state index in [4.69, 9.17) is 27.9 Å². The van der Waals surface area contributed by atoms with Crippen LogP contribution in [0.5, 0.6) is 5.75 Å². The van der Waals surface area contributed by atoms with Gasteiger partial charge in [-0.25, -0.2) is 0 Å². The highest BCUT2D eigenvalue weighted by molar-refractivity contribution is 6.38.